The van der Waals surface area contributed by atoms with Crippen LogP contribution in [0.5, 0.6) is 0 Å². The van der Waals surface area contributed by atoms with Gasteiger partial charge >= 0.3 is 6.03 Å². The van der Waals surface area contributed by atoms with E-state index in [1.807, 2.05) is 12.1 Å². The van der Waals surface area contributed by atoms with Gasteiger partial charge in [0, 0.05) is 20.5 Å². The first-order chi connectivity index (χ1) is 11.5. The minimum Gasteiger partial charge on any atom is -0.329 e. The summed E-state index contributed by atoms with van der Waals surface area (Å²) in [4.78, 5) is 13.5. The number of amides is 1. The van der Waals surface area contributed by atoms with Crippen molar-refractivity contribution in [1.29, 1.82) is 0 Å². The van der Waals surface area contributed by atoms with E-state index in [2.05, 4.69) is 58.8 Å². The molecule has 3 rings (SSSR count). The summed E-state index contributed by atoms with van der Waals surface area (Å²) in [6, 6.07) is 16.4. The first-order valence-electron chi connectivity index (χ1n) is 7.69. The molecule has 0 unspecified atom stereocenters. The van der Waals surface area contributed by atoms with Crippen LogP contribution in [-0.4, -0.2) is 45.2 Å². The van der Waals surface area contributed by atoms with Crippen LogP contribution in [0.25, 0.3) is 11.1 Å². The van der Waals surface area contributed by atoms with Gasteiger partial charge in [-0.25, -0.2) is 4.79 Å². The number of nitrogens with zero attached hydrogens (tertiary/aromatic N) is 5. The number of aromatic nitrogens is 4. The van der Waals surface area contributed by atoms with Gasteiger partial charge in [-0.3, -0.25) is 0 Å². The number of carbonyl (C=O) groups excluding carboxylic acids is 1. The first kappa shape index (κ1) is 15.9. The Balaban J connectivity index is 1.79. The van der Waals surface area contributed by atoms with Gasteiger partial charge in [-0.15, -0.1) is 9.78 Å². The van der Waals surface area contributed by atoms with Gasteiger partial charge in [0.15, 0.2) is 5.82 Å². The molecular formula is C18H19N5O. The maximum atomic E-state index is 12.0. The van der Waals surface area contributed by atoms with Gasteiger partial charge in [-0.2, -0.15) is 0 Å². The van der Waals surface area contributed by atoms with Gasteiger partial charge < -0.3 is 4.90 Å². The summed E-state index contributed by atoms with van der Waals surface area (Å²) in [5, 5.41) is 11.3. The molecule has 1 heterocycles. The number of rotatable bonds is 3. The molecule has 0 atom stereocenters. The Bertz CT molecular complexity index is 835. The molecule has 3 aromatic rings. The van der Waals surface area contributed by atoms with E-state index in [0.717, 1.165) is 11.1 Å². The summed E-state index contributed by atoms with van der Waals surface area (Å²) >= 11 is 0. The van der Waals surface area contributed by atoms with E-state index in [9.17, 15) is 4.79 Å². The smallest absolute Gasteiger partial charge is 0.329 e. The van der Waals surface area contributed by atoms with Crippen molar-refractivity contribution < 1.29 is 4.79 Å². The molecule has 0 aliphatic heterocycles. The number of aryl methyl sites for hydroxylation is 1. The molecule has 0 aliphatic rings. The SMILES string of the molecule is Cc1ccc(-c2ccc(Cc3nnnn3C(=O)N(C)C)cc2)cc1. The topological polar surface area (TPSA) is 63.9 Å². The number of tetrazole rings is 1. The monoisotopic (exact) mass is 321 g/mol. The van der Waals surface area contributed by atoms with Crippen LogP contribution in [0.2, 0.25) is 0 Å². The van der Waals surface area contributed by atoms with E-state index < -0.39 is 0 Å². The van der Waals surface area contributed by atoms with Crippen molar-refractivity contribution in [1.82, 2.24) is 25.1 Å². The van der Waals surface area contributed by atoms with Gasteiger partial charge in [-0.1, -0.05) is 54.1 Å². The van der Waals surface area contributed by atoms with Gasteiger partial charge in [0.2, 0.25) is 0 Å². The predicted molar refractivity (Wildman–Crippen MR) is 91.7 cm³/mol. The van der Waals surface area contributed by atoms with E-state index in [1.54, 1.807) is 14.1 Å². The second-order valence-corrected chi connectivity index (χ2v) is 5.92. The first-order valence-corrected chi connectivity index (χ1v) is 7.69. The van der Waals surface area contributed by atoms with E-state index in [1.165, 1.54) is 20.7 Å². The normalized spacial score (nSPS) is 10.6. The Morgan fingerprint density at radius 3 is 2.17 bits per heavy atom. The predicted octanol–water partition coefficient (Wildman–Crippen LogP) is 2.77. The van der Waals surface area contributed by atoms with Crippen molar-refractivity contribution in [2.75, 3.05) is 14.1 Å². The second-order valence-electron chi connectivity index (χ2n) is 5.92. The lowest BCUT2D eigenvalue weighted by Gasteiger charge is -2.10. The van der Waals surface area contributed by atoms with Crippen LogP contribution in [0.3, 0.4) is 0 Å². The third-order valence-electron chi connectivity index (χ3n) is 3.80. The lowest BCUT2D eigenvalue weighted by molar-refractivity contribution is 0.214. The Hall–Kier alpha value is -3.02. The van der Waals surface area contributed by atoms with Crippen LogP contribution >= 0.6 is 0 Å². The van der Waals surface area contributed by atoms with E-state index in [0.29, 0.717) is 12.2 Å². The molecule has 6 heteroatoms. The summed E-state index contributed by atoms with van der Waals surface area (Å²) in [5.41, 5.74) is 4.63. The number of hydrogen-bond donors (Lipinski definition) is 0. The molecule has 0 N–H and O–H groups in total. The molecule has 0 radical (unpaired) electrons. The minimum atomic E-state index is -0.258. The van der Waals surface area contributed by atoms with Crippen LogP contribution in [0.15, 0.2) is 48.5 Å². The summed E-state index contributed by atoms with van der Waals surface area (Å²) in [6.45, 7) is 2.08. The van der Waals surface area contributed by atoms with E-state index >= 15 is 0 Å². The molecule has 122 valence electrons. The molecule has 0 spiro atoms. The second kappa shape index (κ2) is 6.62. The van der Waals surface area contributed by atoms with Crippen LogP contribution in [0.4, 0.5) is 4.79 Å². The minimum absolute atomic E-state index is 0.258. The average Bonchev–Trinajstić information content (AvgIpc) is 3.03. The molecule has 0 fully saturated rings. The molecule has 0 bridgehead atoms. The number of benzene rings is 2. The number of hydrogen-bond acceptors (Lipinski definition) is 4. The quantitative estimate of drug-likeness (QED) is 0.696. The van der Waals surface area contributed by atoms with Crippen molar-refractivity contribution in [2.24, 2.45) is 0 Å². The molecule has 2 aromatic carbocycles. The number of carbonyl (C=O) groups is 1. The Morgan fingerprint density at radius 2 is 1.58 bits per heavy atom. The highest BCUT2D eigenvalue weighted by atomic mass is 16.2. The molecule has 0 saturated carbocycles. The standard InChI is InChI=1S/C18H19N5O/c1-13-4-8-15(9-5-13)16-10-6-14(7-11-16)12-17-19-20-21-23(17)18(24)22(2)3/h4-11H,12H2,1-3H3. The van der Waals surface area contributed by atoms with Crippen LogP contribution in [-0.2, 0) is 6.42 Å². The Labute approximate surface area is 140 Å². The Kier molecular flexibility index (Phi) is 4.37. The van der Waals surface area contributed by atoms with Gasteiger partial charge in [0.25, 0.3) is 0 Å². The van der Waals surface area contributed by atoms with Crippen molar-refractivity contribution >= 4 is 6.03 Å². The lowest BCUT2D eigenvalue weighted by atomic mass is 10.0. The van der Waals surface area contributed by atoms with Gasteiger partial charge in [-0.05, 0) is 34.0 Å². The highest BCUT2D eigenvalue weighted by Crippen LogP contribution is 2.21. The van der Waals surface area contributed by atoms with Crippen LogP contribution in [0, 0.1) is 6.92 Å². The largest absolute Gasteiger partial charge is 0.347 e. The van der Waals surface area contributed by atoms with Crippen molar-refractivity contribution in [2.45, 2.75) is 13.3 Å². The van der Waals surface area contributed by atoms with Crippen molar-refractivity contribution in [3.05, 3.63) is 65.5 Å². The zero-order valence-electron chi connectivity index (χ0n) is 14.0. The van der Waals surface area contributed by atoms with Gasteiger partial charge in [0.1, 0.15) is 0 Å². The maximum Gasteiger partial charge on any atom is 0.347 e. The molecule has 0 aliphatic carbocycles. The summed E-state index contributed by atoms with van der Waals surface area (Å²) in [6.07, 6.45) is 0.501. The molecule has 24 heavy (non-hydrogen) atoms. The lowest BCUT2D eigenvalue weighted by Crippen LogP contribution is -2.29. The van der Waals surface area contributed by atoms with E-state index in [4.69, 9.17) is 0 Å². The van der Waals surface area contributed by atoms with E-state index in [-0.39, 0.29) is 6.03 Å². The Morgan fingerprint density at radius 1 is 1.00 bits per heavy atom. The average molecular weight is 321 g/mol. The highest BCUT2D eigenvalue weighted by molar-refractivity contribution is 5.75. The zero-order chi connectivity index (χ0) is 17.1. The molecule has 1 amide bonds. The summed E-state index contributed by atoms with van der Waals surface area (Å²) in [7, 11) is 3.34. The summed E-state index contributed by atoms with van der Waals surface area (Å²) in [5.74, 6) is 0.525. The molecule has 6 nitrogen and oxygen atoms in total. The molecular weight excluding hydrogens is 302 g/mol. The van der Waals surface area contributed by atoms with Crippen molar-refractivity contribution in [3.63, 3.8) is 0 Å². The fourth-order valence-corrected chi connectivity index (χ4v) is 2.40. The molecule has 1 aromatic heterocycles. The van der Waals surface area contributed by atoms with Gasteiger partial charge in [0.05, 0.1) is 0 Å². The summed E-state index contributed by atoms with van der Waals surface area (Å²) < 4.78 is 1.23. The van der Waals surface area contributed by atoms with Crippen LogP contribution < -0.4 is 0 Å². The third kappa shape index (κ3) is 3.32. The van der Waals surface area contributed by atoms with Crippen LogP contribution in [0.1, 0.15) is 17.0 Å². The highest BCUT2D eigenvalue weighted by Gasteiger charge is 2.15. The fourth-order valence-electron chi connectivity index (χ4n) is 2.40. The maximum absolute atomic E-state index is 12.0. The van der Waals surface area contributed by atoms with Crippen molar-refractivity contribution in [3.8, 4) is 11.1 Å². The third-order valence-corrected chi connectivity index (χ3v) is 3.80. The fraction of sp³-hybridized carbons (Fsp3) is 0.222. The zero-order valence-corrected chi connectivity index (χ0v) is 14.0. The molecule has 0 saturated heterocycles.